The van der Waals surface area contributed by atoms with Crippen molar-refractivity contribution in [1.82, 2.24) is 9.78 Å². The Bertz CT molecular complexity index is 1450. The SMILES string of the molecule is C=CN=C(N=C(C)C(=O)Nc1cc(F)c2c(cnn2C)c1N1C[C@@H](O)C[C@H]1CN)c1c(F)cccc1OC. The van der Waals surface area contributed by atoms with Gasteiger partial charge < -0.3 is 25.8 Å². The number of carbonyl (C=O) groups excluding carboxylic acids is 1. The minimum atomic E-state index is -0.676. The summed E-state index contributed by atoms with van der Waals surface area (Å²) >= 11 is 0. The molecule has 1 saturated heterocycles. The highest BCUT2D eigenvalue weighted by Gasteiger charge is 2.34. The second-order valence-electron chi connectivity index (χ2n) is 8.82. The van der Waals surface area contributed by atoms with Crippen LogP contribution in [0.2, 0.25) is 0 Å². The van der Waals surface area contributed by atoms with Gasteiger partial charge in [-0.1, -0.05) is 12.6 Å². The number of fused-ring (bicyclic) bond motifs is 1. The number of rotatable bonds is 7. The van der Waals surface area contributed by atoms with Crippen molar-refractivity contribution in [2.45, 2.75) is 25.5 Å². The van der Waals surface area contributed by atoms with E-state index < -0.39 is 23.6 Å². The topological polar surface area (TPSA) is 130 Å². The van der Waals surface area contributed by atoms with Crippen LogP contribution in [-0.4, -0.2) is 64.7 Å². The lowest BCUT2D eigenvalue weighted by Crippen LogP contribution is -2.36. The van der Waals surface area contributed by atoms with E-state index in [9.17, 15) is 14.3 Å². The first-order valence-electron chi connectivity index (χ1n) is 11.9. The first kappa shape index (κ1) is 26.9. The number of nitrogens with zero attached hydrogens (tertiary/aromatic N) is 5. The van der Waals surface area contributed by atoms with Crippen LogP contribution in [0.3, 0.4) is 0 Å². The highest BCUT2D eigenvalue weighted by Crippen LogP contribution is 2.40. The van der Waals surface area contributed by atoms with Gasteiger partial charge in [0.15, 0.2) is 11.7 Å². The number of hydrogen-bond acceptors (Lipinski definition) is 7. The summed E-state index contributed by atoms with van der Waals surface area (Å²) < 4.78 is 36.5. The number of benzene rings is 2. The fourth-order valence-corrected chi connectivity index (χ4v) is 4.65. The van der Waals surface area contributed by atoms with Crippen molar-refractivity contribution in [2.75, 3.05) is 30.4 Å². The van der Waals surface area contributed by atoms with Crippen LogP contribution >= 0.6 is 0 Å². The number of nitrogens with two attached hydrogens (primary N) is 1. The van der Waals surface area contributed by atoms with Gasteiger partial charge in [-0.2, -0.15) is 5.10 Å². The van der Waals surface area contributed by atoms with E-state index in [1.54, 1.807) is 13.1 Å². The molecule has 1 amide bonds. The molecule has 0 bridgehead atoms. The average molecular weight is 526 g/mol. The van der Waals surface area contributed by atoms with Crippen LogP contribution < -0.4 is 20.7 Å². The molecule has 0 saturated carbocycles. The number of anilines is 2. The van der Waals surface area contributed by atoms with Gasteiger partial charge in [0.25, 0.3) is 5.91 Å². The molecule has 0 spiro atoms. The molecule has 2 aromatic carbocycles. The average Bonchev–Trinajstić information content (AvgIpc) is 3.46. The lowest BCUT2D eigenvalue weighted by Gasteiger charge is -2.28. The van der Waals surface area contributed by atoms with Crippen molar-refractivity contribution in [3.63, 3.8) is 0 Å². The number of amides is 1. The van der Waals surface area contributed by atoms with E-state index in [1.165, 1.54) is 49.3 Å². The third-order valence-corrected chi connectivity index (χ3v) is 6.38. The molecule has 4 rings (SSSR count). The fourth-order valence-electron chi connectivity index (χ4n) is 4.65. The largest absolute Gasteiger partial charge is 0.496 e. The Balaban J connectivity index is 1.76. The lowest BCUT2D eigenvalue weighted by atomic mass is 10.1. The van der Waals surface area contributed by atoms with Gasteiger partial charge >= 0.3 is 0 Å². The maximum atomic E-state index is 15.2. The number of ether oxygens (including phenoxy) is 1. The monoisotopic (exact) mass is 525 g/mol. The van der Waals surface area contributed by atoms with Gasteiger partial charge in [-0.05, 0) is 25.5 Å². The summed E-state index contributed by atoms with van der Waals surface area (Å²) in [6, 6.07) is 5.20. The van der Waals surface area contributed by atoms with E-state index in [4.69, 9.17) is 10.5 Å². The quantitative estimate of drug-likeness (QED) is 0.321. The van der Waals surface area contributed by atoms with E-state index in [0.717, 1.165) is 0 Å². The van der Waals surface area contributed by atoms with Crippen LogP contribution in [0.4, 0.5) is 20.2 Å². The van der Waals surface area contributed by atoms with Crippen LogP contribution in [0, 0.1) is 11.6 Å². The van der Waals surface area contributed by atoms with Crippen molar-refractivity contribution in [3.8, 4) is 5.75 Å². The third-order valence-electron chi connectivity index (χ3n) is 6.38. The number of aliphatic hydroxyl groups is 1. The predicted octanol–water partition coefficient (Wildman–Crippen LogP) is 2.75. The second kappa shape index (κ2) is 11.1. The summed E-state index contributed by atoms with van der Waals surface area (Å²) in [4.78, 5) is 23.4. The zero-order chi connectivity index (χ0) is 27.6. The Morgan fingerprint density at radius 2 is 2.16 bits per heavy atom. The van der Waals surface area contributed by atoms with E-state index in [-0.39, 0.29) is 53.2 Å². The van der Waals surface area contributed by atoms with E-state index in [0.29, 0.717) is 17.5 Å². The first-order valence-corrected chi connectivity index (χ1v) is 11.9. The number of methoxy groups -OCH3 is 1. The molecule has 1 aliphatic heterocycles. The Labute approximate surface area is 218 Å². The van der Waals surface area contributed by atoms with Gasteiger partial charge in [0.1, 0.15) is 22.8 Å². The molecule has 1 aliphatic rings. The van der Waals surface area contributed by atoms with Gasteiger partial charge in [0.05, 0.1) is 36.3 Å². The molecule has 3 aromatic rings. The Hall–Kier alpha value is -4.16. The maximum absolute atomic E-state index is 15.2. The fraction of sp³-hybridized carbons (Fsp3) is 0.308. The Kier molecular flexibility index (Phi) is 7.83. The van der Waals surface area contributed by atoms with E-state index in [1.807, 2.05) is 4.90 Å². The number of aryl methyl sites for hydroxylation is 1. The zero-order valence-corrected chi connectivity index (χ0v) is 21.3. The van der Waals surface area contributed by atoms with Crippen LogP contribution in [0.25, 0.3) is 10.9 Å². The van der Waals surface area contributed by atoms with Crippen LogP contribution in [0.15, 0.2) is 53.2 Å². The molecule has 2 atom stereocenters. The molecule has 1 aromatic heterocycles. The number of amidine groups is 1. The molecule has 2 heterocycles. The summed E-state index contributed by atoms with van der Waals surface area (Å²) in [6.07, 6.45) is 2.46. The Morgan fingerprint density at radius 3 is 2.84 bits per heavy atom. The van der Waals surface area contributed by atoms with Gasteiger partial charge in [-0.3, -0.25) is 9.48 Å². The molecular weight excluding hydrogens is 496 g/mol. The van der Waals surface area contributed by atoms with Gasteiger partial charge in [-0.15, -0.1) is 0 Å². The smallest absolute Gasteiger partial charge is 0.269 e. The standard InChI is InChI=1S/C26H29F2N7O3/c1-5-30-25(22-18(27)7-6-8-21(22)38-4)32-14(2)26(37)33-20-10-19(28)23-17(12-31-34(23)3)24(20)35-13-16(36)9-15(35)11-29/h5-8,10,12,15-16,36H,1,9,11,13,29H2,2-4H3,(H,33,37)/t15-,16-/m0/s1. The first-order chi connectivity index (χ1) is 18.2. The minimum Gasteiger partial charge on any atom is -0.496 e. The summed E-state index contributed by atoms with van der Waals surface area (Å²) in [5.74, 6) is -1.86. The number of hydrogen-bond donors (Lipinski definition) is 3. The minimum absolute atomic E-state index is 0.0394. The molecule has 10 nitrogen and oxygen atoms in total. The highest BCUT2D eigenvalue weighted by molar-refractivity contribution is 6.44. The molecule has 0 aliphatic carbocycles. The number of β-amino-alcohol motifs (C(OH)–C–C–N with tert-alkyl or cyclic N) is 1. The lowest BCUT2D eigenvalue weighted by molar-refractivity contribution is -0.110. The number of aromatic nitrogens is 2. The molecule has 0 radical (unpaired) electrons. The van der Waals surface area contributed by atoms with Crippen LogP contribution in [-0.2, 0) is 11.8 Å². The second-order valence-corrected chi connectivity index (χ2v) is 8.82. The third kappa shape index (κ3) is 5.00. The molecule has 38 heavy (non-hydrogen) atoms. The van der Waals surface area contributed by atoms with E-state index in [2.05, 4.69) is 27.0 Å². The van der Waals surface area contributed by atoms with E-state index >= 15 is 4.39 Å². The number of nitrogens with one attached hydrogen (secondary N) is 1. The molecule has 200 valence electrons. The zero-order valence-electron chi connectivity index (χ0n) is 21.3. The molecular formula is C26H29F2N7O3. The summed E-state index contributed by atoms with van der Waals surface area (Å²) in [6.45, 7) is 5.45. The number of aliphatic imine (C=N–C) groups is 2. The van der Waals surface area contributed by atoms with Gasteiger partial charge in [0, 0.05) is 43.8 Å². The van der Waals surface area contributed by atoms with Crippen molar-refractivity contribution in [2.24, 2.45) is 22.8 Å². The number of aliphatic hydroxyl groups excluding tert-OH is 1. The van der Waals surface area contributed by atoms with Crippen molar-refractivity contribution >= 4 is 39.7 Å². The van der Waals surface area contributed by atoms with Crippen molar-refractivity contribution < 1.29 is 23.4 Å². The predicted molar refractivity (Wildman–Crippen MR) is 143 cm³/mol. The maximum Gasteiger partial charge on any atom is 0.269 e. The molecule has 4 N–H and O–H groups in total. The Morgan fingerprint density at radius 1 is 1.39 bits per heavy atom. The summed E-state index contributed by atoms with van der Waals surface area (Å²) in [5.41, 5.74) is 6.72. The van der Waals surface area contributed by atoms with Crippen molar-refractivity contribution in [1.29, 1.82) is 0 Å². The number of carbonyl (C=O) groups is 1. The van der Waals surface area contributed by atoms with Crippen molar-refractivity contribution in [3.05, 3.63) is 60.4 Å². The number of halogens is 2. The molecule has 1 fully saturated rings. The van der Waals surface area contributed by atoms with Gasteiger partial charge in [0.2, 0.25) is 0 Å². The summed E-state index contributed by atoms with van der Waals surface area (Å²) in [7, 11) is 2.99. The highest BCUT2D eigenvalue weighted by atomic mass is 19.1. The van der Waals surface area contributed by atoms with Crippen LogP contribution in [0.5, 0.6) is 5.75 Å². The normalized spacial score (nSPS) is 18.2. The molecule has 0 unspecified atom stereocenters. The molecule has 12 heteroatoms. The van der Waals surface area contributed by atoms with Gasteiger partial charge in [-0.25, -0.2) is 18.8 Å². The van der Waals surface area contributed by atoms with Crippen LogP contribution in [0.1, 0.15) is 18.9 Å². The summed E-state index contributed by atoms with van der Waals surface area (Å²) in [5, 5.41) is 17.7.